The minimum Gasteiger partial charge on any atom is -0.385 e. The molecule has 0 saturated carbocycles. The van der Waals surface area contributed by atoms with Crippen LogP contribution in [0, 0.1) is 5.82 Å². The molecule has 1 aromatic heterocycles. The summed E-state index contributed by atoms with van der Waals surface area (Å²) in [6, 6.07) is 1.37. The first-order chi connectivity index (χ1) is 7.66. The first-order valence-electron chi connectivity index (χ1n) is 5.65. The number of ether oxygens (including phenoxy) is 1. The average Bonchev–Trinajstić information content (AvgIpc) is 2.59. The summed E-state index contributed by atoms with van der Waals surface area (Å²) in [6.07, 6.45) is 6.03. The van der Waals surface area contributed by atoms with E-state index in [0.717, 1.165) is 19.0 Å². The fourth-order valence-electron chi connectivity index (χ4n) is 2.82. The summed E-state index contributed by atoms with van der Waals surface area (Å²) in [5.74, 6) is -0.398. The Balaban J connectivity index is 1.93. The highest BCUT2D eigenvalue weighted by atomic mass is 19.1. The van der Waals surface area contributed by atoms with Crippen molar-refractivity contribution in [1.29, 1.82) is 0 Å². The molecular formula is C12H14FNO2. The summed E-state index contributed by atoms with van der Waals surface area (Å²) in [7, 11) is 0. The van der Waals surface area contributed by atoms with Crippen molar-refractivity contribution in [1.82, 2.24) is 4.98 Å². The minimum absolute atomic E-state index is 0.118. The SMILES string of the molecule is OC1(c2cncc(F)c2)CC2CCC(C1)O2. The molecule has 16 heavy (non-hydrogen) atoms. The Labute approximate surface area is 93.3 Å². The Hall–Kier alpha value is -1.00. The summed E-state index contributed by atoms with van der Waals surface area (Å²) in [5.41, 5.74) is -0.383. The van der Waals surface area contributed by atoms with Crippen LogP contribution in [0.15, 0.2) is 18.5 Å². The molecular weight excluding hydrogens is 209 g/mol. The molecule has 2 fully saturated rings. The van der Waals surface area contributed by atoms with Gasteiger partial charge in [0.05, 0.1) is 24.0 Å². The number of pyridine rings is 1. The van der Waals surface area contributed by atoms with Crippen LogP contribution in [-0.2, 0) is 10.3 Å². The Morgan fingerprint density at radius 3 is 2.62 bits per heavy atom. The number of halogens is 1. The zero-order valence-electron chi connectivity index (χ0n) is 8.90. The first kappa shape index (κ1) is 10.2. The van der Waals surface area contributed by atoms with E-state index < -0.39 is 11.4 Å². The molecule has 2 unspecified atom stereocenters. The lowest BCUT2D eigenvalue weighted by molar-refractivity contribution is -0.115. The van der Waals surface area contributed by atoms with Gasteiger partial charge in [0.25, 0.3) is 0 Å². The summed E-state index contributed by atoms with van der Waals surface area (Å²) in [5, 5.41) is 10.6. The van der Waals surface area contributed by atoms with Gasteiger partial charge in [0.1, 0.15) is 5.82 Å². The maximum atomic E-state index is 13.1. The van der Waals surface area contributed by atoms with Crippen molar-refractivity contribution in [2.75, 3.05) is 0 Å². The van der Waals surface area contributed by atoms with Crippen molar-refractivity contribution in [2.45, 2.75) is 43.5 Å². The smallest absolute Gasteiger partial charge is 0.141 e. The molecule has 2 atom stereocenters. The van der Waals surface area contributed by atoms with Gasteiger partial charge in [-0.25, -0.2) is 4.39 Å². The topological polar surface area (TPSA) is 42.4 Å². The van der Waals surface area contributed by atoms with Gasteiger partial charge in [0.15, 0.2) is 0 Å². The zero-order valence-corrected chi connectivity index (χ0v) is 8.90. The van der Waals surface area contributed by atoms with Gasteiger partial charge in [-0.3, -0.25) is 4.98 Å². The van der Waals surface area contributed by atoms with Crippen LogP contribution in [0.4, 0.5) is 4.39 Å². The molecule has 1 aromatic rings. The Morgan fingerprint density at radius 2 is 2.00 bits per heavy atom. The van der Waals surface area contributed by atoms with Gasteiger partial charge >= 0.3 is 0 Å². The predicted molar refractivity (Wildman–Crippen MR) is 55.2 cm³/mol. The largest absolute Gasteiger partial charge is 0.385 e. The van der Waals surface area contributed by atoms with Crippen molar-refractivity contribution >= 4 is 0 Å². The fourth-order valence-corrected chi connectivity index (χ4v) is 2.82. The van der Waals surface area contributed by atoms with Gasteiger partial charge in [0.2, 0.25) is 0 Å². The van der Waals surface area contributed by atoms with Gasteiger partial charge in [-0.05, 0) is 18.9 Å². The van der Waals surface area contributed by atoms with E-state index in [2.05, 4.69) is 4.98 Å². The Morgan fingerprint density at radius 1 is 1.31 bits per heavy atom. The third-order valence-corrected chi connectivity index (χ3v) is 3.57. The molecule has 86 valence electrons. The molecule has 0 aromatic carbocycles. The van der Waals surface area contributed by atoms with Crippen molar-refractivity contribution in [3.8, 4) is 0 Å². The maximum absolute atomic E-state index is 13.1. The van der Waals surface area contributed by atoms with Crippen LogP contribution in [0.2, 0.25) is 0 Å². The molecule has 3 rings (SSSR count). The minimum atomic E-state index is -0.959. The summed E-state index contributed by atoms with van der Waals surface area (Å²) in [4.78, 5) is 3.80. The molecule has 1 N–H and O–H groups in total. The average molecular weight is 223 g/mol. The molecule has 2 aliphatic rings. The molecule has 2 aliphatic heterocycles. The van der Waals surface area contributed by atoms with E-state index in [-0.39, 0.29) is 12.2 Å². The van der Waals surface area contributed by atoms with Crippen molar-refractivity contribution in [3.63, 3.8) is 0 Å². The second-order valence-electron chi connectivity index (χ2n) is 4.79. The summed E-state index contributed by atoms with van der Waals surface area (Å²) < 4.78 is 18.8. The molecule has 2 saturated heterocycles. The van der Waals surface area contributed by atoms with Crippen LogP contribution in [0.3, 0.4) is 0 Å². The summed E-state index contributed by atoms with van der Waals surface area (Å²) >= 11 is 0. The van der Waals surface area contributed by atoms with E-state index in [9.17, 15) is 9.50 Å². The first-order valence-corrected chi connectivity index (χ1v) is 5.65. The number of aliphatic hydroxyl groups is 1. The normalized spacial score (nSPS) is 37.6. The van der Waals surface area contributed by atoms with E-state index in [1.165, 1.54) is 6.07 Å². The highest BCUT2D eigenvalue weighted by Gasteiger charge is 2.44. The van der Waals surface area contributed by atoms with Gasteiger partial charge in [0, 0.05) is 24.6 Å². The van der Waals surface area contributed by atoms with Crippen LogP contribution in [0.25, 0.3) is 0 Å². The second kappa shape index (κ2) is 3.50. The quantitative estimate of drug-likeness (QED) is 0.788. The molecule has 2 bridgehead atoms. The summed E-state index contributed by atoms with van der Waals surface area (Å²) in [6.45, 7) is 0. The van der Waals surface area contributed by atoms with Crippen LogP contribution < -0.4 is 0 Å². The van der Waals surface area contributed by atoms with E-state index in [1.807, 2.05) is 0 Å². The molecule has 3 nitrogen and oxygen atoms in total. The number of fused-ring (bicyclic) bond motifs is 2. The van der Waals surface area contributed by atoms with Gasteiger partial charge in [-0.15, -0.1) is 0 Å². The number of hydrogen-bond donors (Lipinski definition) is 1. The van der Waals surface area contributed by atoms with E-state index in [1.54, 1.807) is 6.20 Å². The zero-order chi connectivity index (χ0) is 11.2. The highest BCUT2D eigenvalue weighted by Crippen LogP contribution is 2.43. The maximum Gasteiger partial charge on any atom is 0.141 e. The second-order valence-corrected chi connectivity index (χ2v) is 4.79. The predicted octanol–water partition coefficient (Wildman–Crippen LogP) is 1.75. The van der Waals surface area contributed by atoms with Crippen LogP contribution in [0.1, 0.15) is 31.2 Å². The lowest BCUT2D eigenvalue weighted by Gasteiger charge is -2.36. The van der Waals surface area contributed by atoms with Crippen molar-refractivity contribution in [3.05, 3.63) is 29.8 Å². The highest BCUT2D eigenvalue weighted by molar-refractivity contribution is 5.21. The number of nitrogens with zero attached hydrogens (tertiary/aromatic N) is 1. The van der Waals surface area contributed by atoms with Crippen LogP contribution in [-0.4, -0.2) is 22.3 Å². The van der Waals surface area contributed by atoms with Crippen molar-refractivity contribution in [2.24, 2.45) is 0 Å². The van der Waals surface area contributed by atoms with Gasteiger partial charge in [-0.2, -0.15) is 0 Å². The third-order valence-electron chi connectivity index (χ3n) is 3.57. The monoisotopic (exact) mass is 223 g/mol. The molecule has 4 heteroatoms. The number of rotatable bonds is 1. The lowest BCUT2D eigenvalue weighted by Crippen LogP contribution is -2.38. The lowest BCUT2D eigenvalue weighted by atomic mass is 9.84. The van der Waals surface area contributed by atoms with Crippen LogP contribution in [0.5, 0.6) is 0 Å². The standard InChI is InChI=1S/C12H14FNO2/c13-9-3-8(6-14-7-9)12(15)4-10-1-2-11(5-12)16-10/h3,6-7,10-11,15H,1-2,4-5H2. The van der Waals surface area contributed by atoms with Gasteiger partial charge < -0.3 is 9.84 Å². The van der Waals surface area contributed by atoms with E-state index in [4.69, 9.17) is 4.74 Å². The van der Waals surface area contributed by atoms with Crippen molar-refractivity contribution < 1.29 is 14.2 Å². The fraction of sp³-hybridized carbons (Fsp3) is 0.583. The molecule has 3 heterocycles. The Kier molecular flexibility index (Phi) is 2.23. The number of hydrogen-bond acceptors (Lipinski definition) is 3. The van der Waals surface area contributed by atoms with Crippen LogP contribution >= 0.6 is 0 Å². The molecule has 0 aliphatic carbocycles. The van der Waals surface area contributed by atoms with E-state index in [0.29, 0.717) is 18.4 Å². The third kappa shape index (κ3) is 1.62. The molecule has 0 spiro atoms. The van der Waals surface area contributed by atoms with Gasteiger partial charge in [-0.1, -0.05) is 0 Å². The Bertz CT molecular complexity index is 398. The van der Waals surface area contributed by atoms with E-state index >= 15 is 0 Å². The molecule has 0 amide bonds. The molecule has 0 radical (unpaired) electrons. The number of aromatic nitrogens is 1.